The Bertz CT molecular complexity index is 529. The van der Waals surface area contributed by atoms with E-state index in [1.54, 1.807) is 6.20 Å². The van der Waals surface area contributed by atoms with E-state index in [1.165, 1.54) is 12.8 Å². The smallest absolute Gasteiger partial charge is 0.257 e. The minimum Gasteiger partial charge on any atom is -0.356 e. The van der Waals surface area contributed by atoms with Crippen LogP contribution in [0.1, 0.15) is 23.2 Å². The van der Waals surface area contributed by atoms with Gasteiger partial charge in [0.05, 0.1) is 5.56 Å². The first-order chi connectivity index (χ1) is 10.3. The maximum atomic E-state index is 12.9. The van der Waals surface area contributed by atoms with Gasteiger partial charge in [0.1, 0.15) is 5.82 Å². The Hall–Kier alpha value is -1.62. The summed E-state index contributed by atoms with van der Waals surface area (Å²) in [6, 6.07) is 3.82. The third-order valence-corrected chi connectivity index (χ3v) is 5.10. The number of likely N-dealkylation sites (tertiary alicyclic amines) is 1. The lowest BCUT2D eigenvalue weighted by molar-refractivity contribution is 0.0782. The summed E-state index contributed by atoms with van der Waals surface area (Å²) < 4.78 is 0. The summed E-state index contributed by atoms with van der Waals surface area (Å²) >= 11 is 0. The van der Waals surface area contributed by atoms with Crippen molar-refractivity contribution in [3.05, 3.63) is 23.9 Å². The molecule has 1 aromatic rings. The van der Waals surface area contributed by atoms with Crippen molar-refractivity contribution in [1.29, 1.82) is 0 Å². The van der Waals surface area contributed by atoms with Gasteiger partial charge >= 0.3 is 0 Å². The average Bonchev–Trinajstić information content (AvgIpc) is 3.22. The highest BCUT2D eigenvalue weighted by molar-refractivity contribution is 5.99. The predicted molar refractivity (Wildman–Crippen MR) is 81.4 cm³/mol. The number of amides is 1. The standard InChI is InChI=1S/C16H22N4O/c21-16(20-10-12-8-17-9-13(12)11-20)14-4-3-5-18-15(14)19-6-1-2-7-19/h3-5,12-13,17H,1-2,6-11H2/t12-,13+. The zero-order valence-electron chi connectivity index (χ0n) is 12.3. The molecule has 112 valence electrons. The fourth-order valence-electron chi connectivity index (χ4n) is 3.94. The lowest BCUT2D eigenvalue weighted by Crippen LogP contribution is -2.33. The normalized spacial score (nSPS) is 28.2. The molecule has 1 aromatic heterocycles. The van der Waals surface area contributed by atoms with Gasteiger partial charge in [-0.3, -0.25) is 4.79 Å². The van der Waals surface area contributed by atoms with Crippen LogP contribution in [0.4, 0.5) is 5.82 Å². The van der Waals surface area contributed by atoms with Crippen molar-refractivity contribution in [3.63, 3.8) is 0 Å². The maximum absolute atomic E-state index is 12.9. The second-order valence-corrected chi connectivity index (χ2v) is 6.46. The average molecular weight is 286 g/mol. The lowest BCUT2D eigenvalue weighted by atomic mass is 10.0. The molecule has 0 aliphatic carbocycles. The van der Waals surface area contributed by atoms with Gasteiger partial charge in [-0.2, -0.15) is 0 Å². The van der Waals surface area contributed by atoms with Crippen LogP contribution < -0.4 is 10.2 Å². The molecule has 0 unspecified atom stereocenters. The van der Waals surface area contributed by atoms with E-state index in [2.05, 4.69) is 15.2 Å². The molecule has 1 amide bonds. The molecule has 5 heteroatoms. The van der Waals surface area contributed by atoms with Crippen LogP contribution in [0.25, 0.3) is 0 Å². The van der Waals surface area contributed by atoms with Crippen LogP contribution >= 0.6 is 0 Å². The van der Waals surface area contributed by atoms with E-state index in [4.69, 9.17) is 0 Å². The lowest BCUT2D eigenvalue weighted by Gasteiger charge is -2.23. The van der Waals surface area contributed by atoms with Crippen molar-refractivity contribution >= 4 is 11.7 Å². The molecular weight excluding hydrogens is 264 g/mol. The van der Waals surface area contributed by atoms with Crippen LogP contribution in [-0.4, -0.2) is 55.1 Å². The highest BCUT2D eigenvalue weighted by Crippen LogP contribution is 2.29. The maximum Gasteiger partial charge on any atom is 0.257 e. The first-order valence-corrected chi connectivity index (χ1v) is 8.03. The topological polar surface area (TPSA) is 48.5 Å². The van der Waals surface area contributed by atoms with Gasteiger partial charge in [0, 0.05) is 45.5 Å². The van der Waals surface area contributed by atoms with Crippen LogP contribution in [0.15, 0.2) is 18.3 Å². The quantitative estimate of drug-likeness (QED) is 0.880. The summed E-state index contributed by atoms with van der Waals surface area (Å²) in [6.45, 7) is 5.94. The molecule has 5 nitrogen and oxygen atoms in total. The molecule has 0 saturated carbocycles. The molecule has 0 radical (unpaired) electrons. The van der Waals surface area contributed by atoms with E-state index in [0.717, 1.165) is 50.6 Å². The first kappa shape index (κ1) is 13.1. The minimum atomic E-state index is 0.166. The van der Waals surface area contributed by atoms with Gasteiger partial charge in [-0.15, -0.1) is 0 Å². The summed E-state index contributed by atoms with van der Waals surface area (Å²) in [4.78, 5) is 21.7. The molecule has 0 aromatic carbocycles. The van der Waals surface area contributed by atoms with Crippen LogP contribution in [0.5, 0.6) is 0 Å². The summed E-state index contributed by atoms with van der Waals surface area (Å²) in [5.74, 6) is 2.33. The molecule has 3 saturated heterocycles. The molecule has 4 heterocycles. The molecule has 2 atom stereocenters. The van der Waals surface area contributed by atoms with Gasteiger partial charge in [0.2, 0.25) is 0 Å². The van der Waals surface area contributed by atoms with E-state index < -0.39 is 0 Å². The Morgan fingerprint density at radius 3 is 2.62 bits per heavy atom. The highest BCUT2D eigenvalue weighted by Gasteiger charge is 2.39. The predicted octanol–water partition coefficient (Wildman–Crippen LogP) is 0.973. The fourth-order valence-corrected chi connectivity index (χ4v) is 3.94. The van der Waals surface area contributed by atoms with Crippen LogP contribution in [0, 0.1) is 11.8 Å². The molecule has 3 fully saturated rings. The van der Waals surface area contributed by atoms with Gasteiger partial charge in [-0.25, -0.2) is 4.98 Å². The molecule has 4 rings (SSSR count). The fraction of sp³-hybridized carbons (Fsp3) is 0.625. The number of rotatable bonds is 2. The minimum absolute atomic E-state index is 0.166. The Balaban J connectivity index is 1.57. The number of hydrogen-bond acceptors (Lipinski definition) is 4. The van der Waals surface area contributed by atoms with Crippen molar-refractivity contribution in [2.24, 2.45) is 11.8 Å². The number of carbonyl (C=O) groups excluding carboxylic acids is 1. The summed E-state index contributed by atoms with van der Waals surface area (Å²) in [7, 11) is 0. The summed E-state index contributed by atoms with van der Waals surface area (Å²) in [5.41, 5.74) is 0.785. The van der Waals surface area contributed by atoms with Gasteiger partial charge in [-0.1, -0.05) is 0 Å². The third kappa shape index (κ3) is 2.29. The highest BCUT2D eigenvalue weighted by atomic mass is 16.2. The number of fused-ring (bicyclic) bond motifs is 1. The first-order valence-electron chi connectivity index (χ1n) is 8.03. The van der Waals surface area contributed by atoms with Gasteiger partial charge in [0.25, 0.3) is 5.91 Å². The van der Waals surface area contributed by atoms with Crippen LogP contribution in [0.2, 0.25) is 0 Å². The van der Waals surface area contributed by atoms with Crippen molar-refractivity contribution in [1.82, 2.24) is 15.2 Å². The number of nitrogens with zero attached hydrogens (tertiary/aromatic N) is 3. The zero-order valence-corrected chi connectivity index (χ0v) is 12.3. The van der Waals surface area contributed by atoms with Crippen LogP contribution in [0.3, 0.4) is 0 Å². The van der Waals surface area contributed by atoms with Gasteiger partial charge in [0.15, 0.2) is 0 Å². The second kappa shape index (κ2) is 5.30. The Morgan fingerprint density at radius 1 is 1.19 bits per heavy atom. The van der Waals surface area contributed by atoms with Gasteiger partial charge in [-0.05, 0) is 36.8 Å². The second-order valence-electron chi connectivity index (χ2n) is 6.46. The third-order valence-electron chi connectivity index (χ3n) is 5.10. The number of aromatic nitrogens is 1. The van der Waals surface area contributed by atoms with Gasteiger partial charge < -0.3 is 15.1 Å². The summed E-state index contributed by atoms with van der Waals surface area (Å²) in [5, 5.41) is 3.42. The molecule has 0 bridgehead atoms. The van der Waals surface area contributed by atoms with E-state index in [-0.39, 0.29) is 5.91 Å². The molecule has 3 aliphatic rings. The number of pyridine rings is 1. The molecule has 0 spiro atoms. The monoisotopic (exact) mass is 286 g/mol. The number of nitrogens with one attached hydrogen (secondary N) is 1. The van der Waals surface area contributed by atoms with Crippen molar-refractivity contribution in [2.45, 2.75) is 12.8 Å². The molecule has 21 heavy (non-hydrogen) atoms. The number of hydrogen-bond donors (Lipinski definition) is 1. The van der Waals surface area contributed by atoms with Crippen molar-refractivity contribution < 1.29 is 4.79 Å². The van der Waals surface area contributed by atoms with Crippen molar-refractivity contribution in [2.75, 3.05) is 44.2 Å². The Kier molecular flexibility index (Phi) is 3.30. The molecule has 3 aliphatic heterocycles. The summed E-state index contributed by atoms with van der Waals surface area (Å²) in [6.07, 6.45) is 4.19. The van der Waals surface area contributed by atoms with E-state index in [0.29, 0.717) is 11.8 Å². The molecule has 1 N–H and O–H groups in total. The number of carbonyl (C=O) groups is 1. The molecular formula is C16H22N4O. The van der Waals surface area contributed by atoms with E-state index >= 15 is 0 Å². The van der Waals surface area contributed by atoms with Crippen LogP contribution in [-0.2, 0) is 0 Å². The van der Waals surface area contributed by atoms with E-state index in [9.17, 15) is 4.79 Å². The van der Waals surface area contributed by atoms with Crippen molar-refractivity contribution in [3.8, 4) is 0 Å². The SMILES string of the molecule is O=C(c1cccnc1N1CCCC1)N1C[C@H]2CNC[C@H]2C1. The largest absolute Gasteiger partial charge is 0.356 e. The zero-order chi connectivity index (χ0) is 14.2. The van der Waals surface area contributed by atoms with E-state index in [1.807, 2.05) is 17.0 Å². The Morgan fingerprint density at radius 2 is 1.90 bits per heavy atom. The Labute approximate surface area is 125 Å². The number of anilines is 1.